The fourth-order valence-corrected chi connectivity index (χ4v) is 1.77. The molecule has 0 saturated heterocycles. The van der Waals surface area contributed by atoms with Crippen molar-refractivity contribution in [2.24, 2.45) is 5.41 Å². The zero-order chi connectivity index (χ0) is 11.6. The van der Waals surface area contributed by atoms with Crippen molar-refractivity contribution in [1.29, 1.82) is 0 Å². The molecule has 1 rings (SSSR count). The molecule has 1 aromatic heterocycles. The van der Waals surface area contributed by atoms with Crippen LogP contribution >= 0.6 is 15.9 Å². The molecule has 0 bridgehead atoms. The lowest BCUT2D eigenvalue weighted by Crippen LogP contribution is -2.30. The maximum absolute atomic E-state index is 5.65. The lowest BCUT2D eigenvalue weighted by molar-refractivity contribution is 0.416. The summed E-state index contributed by atoms with van der Waals surface area (Å²) in [6.45, 7) is 7.39. The lowest BCUT2D eigenvalue weighted by Gasteiger charge is -2.26. The van der Waals surface area contributed by atoms with Gasteiger partial charge in [-0.1, -0.05) is 20.8 Å². The number of nitrogen functional groups attached to an aromatic ring is 1. The molecular weight excluding hydrogens is 256 g/mol. The van der Waals surface area contributed by atoms with Crippen LogP contribution in [0, 0.1) is 5.41 Å². The highest BCUT2D eigenvalue weighted by atomic mass is 79.9. The molecule has 0 saturated carbocycles. The summed E-state index contributed by atoms with van der Waals surface area (Å²) in [5, 5.41) is 0. The van der Waals surface area contributed by atoms with E-state index >= 15 is 0 Å². The van der Waals surface area contributed by atoms with Gasteiger partial charge in [0.2, 0.25) is 5.95 Å². The molecule has 0 aromatic carbocycles. The van der Waals surface area contributed by atoms with Crippen molar-refractivity contribution in [2.75, 3.05) is 24.2 Å². The van der Waals surface area contributed by atoms with Crippen molar-refractivity contribution in [3.63, 3.8) is 0 Å². The number of halogens is 1. The average Bonchev–Trinajstić information content (AvgIpc) is 1.98. The first-order valence-corrected chi connectivity index (χ1v) is 5.58. The quantitative estimate of drug-likeness (QED) is 0.840. The molecule has 2 N–H and O–H groups in total. The number of nitrogens with two attached hydrogens (primary N) is 1. The van der Waals surface area contributed by atoms with Crippen LogP contribution in [0.3, 0.4) is 0 Å². The minimum Gasteiger partial charge on any atom is -0.383 e. The Bertz CT molecular complexity index is 326. The second-order valence-corrected chi connectivity index (χ2v) is 5.64. The molecule has 5 heteroatoms. The monoisotopic (exact) mass is 272 g/mol. The third kappa shape index (κ3) is 4.03. The molecule has 15 heavy (non-hydrogen) atoms. The molecule has 0 aliphatic carbocycles. The van der Waals surface area contributed by atoms with Gasteiger partial charge >= 0.3 is 0 Å². The van der Waals surface area contributed by atoms with Gasteiger partial charge in [-0.3, -0.25) is 0 Å². The molecule has 0 aliphatic heterocycles. The molecular formula is C10H17BrN4. The first kappa shape index (κ1) is 12.2. The third-order valence-corrected chi connectivity index (χ3v) is 2.16. The molecule has 4 nitrogen and oxygen atoms in total. The van der Waals surface area contributed by atoms with Crippen LogP contribution in [0.25, 0.3) is 0 Å². The number of hydrogen-bond donors (Lipinski definition) is 1. The van der Waals surface area contributed by atoms with Crippen molar-refractivity contribution in [2.45, 2.75) is 20.8 Å². The zero-order valence-corrected chi connectivity index (χ0v) is 11.2. The van der Waals surface area contributed by atoms with Gasteiger partial charge in [-0.15, -0.1) is 0 Å². The van der Waals surface area contributed by atoms with Gasteiger partial charge in [0, 0.05) is 19.7 Å². The van der Waals surface area contributed by atoms with Crippen LogP contribution in [0.4, 0.5) is 11.8 Å². The highest BCUT2D eigenvalue weighted by Crippen LogP contribution is 2.19. The minimum atomic E-state index is 0.204. The maximum atomic E-state index is 5.65. The maximum Gasteiger partial charge on any atom is 0.228 e. The number of aromatic nitrogens is 2. The first-order valence-electron chi connectivity index (χ1n) is 4.79. The Morgan fingerprint density at radius 1 is 1.40 bits per heavy atom. The molecule has 0 unspecified atom stereocenters. The second kappa shape index (κ2) is 4.35. The van der Waals surface area contributed by atoms with Gasteiger partial charge in [-0.2, -0.15) is 4.98 Å². The molecule has 0 fully saturated rings. The van der Waals surface area contributed by atoms with Crippen molar-refractivity contribution >= 4 is 27.7 Å². The highest BCUT2D eigenvalue weighted by molar-refractivity contribution is 9.10. The van der Waals surface area contributed by atoms with Gasteiger partial charge in [0.15, 0.2) is 0 Å². The third-order valence-electron chi connectivity index (χ3n) is 1.76. The topological polar surface area (TPSA) is 55.0 Å². The standard InChI is InChI=1S/C10H17BrN4/c1-10(2,3)6-15(4)9-13-7(11)5-8(12)14-9/h5H,6H2,1-4H3,(H2,12,13,14). The average molecular weight is 273 g/mol. The Kier molecular flexibility index (Phi) is 3.54. The van der Waals surface area contributed by atoms with Gasteiger partial charge in [0.05, 0.1) is 0 Å². The Morgan fingerprint density at radius 2 is 2.00 bits per heavy atom. The molecule has 0 atom stereocenters. The predicted molar refractivity (Wildman–Crippen MR) is 66.9 cm³/mol. The SMILES string of the molecule is CN(CC(C)(C)C)c1nc(N)cc(Br)n1. The van der Waals surface area contributed by atoms with E-state index in [1.807, 2.05) is 11.9 Å². The van der Waals surface area contributed by atoms with E-state index in [9.17, 15) is 0 Å². The molecule has 0 spiro atoms. The van der Waals surface area contributed by atoms with E-state index in [0.29, 0.717) is 16.4 Å². The number of rotatable bonds is 2. The summed E-state index contributed by atoms with van der Waals surface area (Å²) in [4.78, 5) is 10.5. The minimum absolute atomic E-state index is 0.204. The first-order chi connectivity index (χ1) is 6.78. The summed E-state index contributed by atoms with van der Waals surface area (Å²) < 4.78 is 0.714. The molecule has 1 heterocycles. The van der Waals surface area contributed by atoms with Crippen LogP contribution in [0.2, 0.25) is 0 Å². The van der Waals surface area contributed by atoms with Gasteiger partial charge in [0.1, 0.15) is 10.4 Å². The summed E-state index contributed by atoms with van der Waals surface area (Å²) in [5.41, 5.74) is 5.86. The van der Waals surface area contributed by atoms with E-state index in [1.54, 1.807) is 6.07 Å². The van der Waals surface area contributed by atoms with E-state index in [1.165, 1.54) is 0 Å². The number of anilines is 2. The van der Waals surface area contributed by atoms with E-state index in [0.717, 1.165) is 6.54 Å². The van der Waals surface area contributed by atoms with Crippen molar-refractivity contribution in [1.82, 2.24) is 9.97 Å². The molecule has 0 aliphatic rings. The summed E-state index contributed by atoms with van der Waals surface area (Å²) >= 11 is 3.30. The van der Waals surface area contributed by atoms with Crippen molar-refractivity contribution in [3.8, 4) is 0 Å². The van der Waals surface area contributed by atoms with Crippen LogP contribution in [0.15, 0.2) is 10.7 Å². The van der Waals surface area contributed by atoms with Crippen molar-refractivity contribution in [3.05, 3.63) is 10.7 Å². The lowest BCUT2D eigenvalue weighted by atomic mass is 9.96. The number of nitrogens with zero attached hydrogens (tertiary/aromatic N) is 3. The van der Waals surface area contributed by atoms with E-state index < -0.39 is 0 Å². The Morgan fingerprint density at radius 3 is 2.47 bits per heavy atom. The summed E-state index contributed by atoms with van der Waals surface area (Å²) in [6.07, 6.45) is 0. The predicted octanol–water partition coefficient (Wildman–Crippen LogP) is 2.30. The van der Waals surface area contributed by atoms with E-state index in [2.05, 4.69) is 46.7 Å². The van der Waals surface area contributed by atoms with Gasteiger partial charge < -0.3 is 10.6 Å². The van der Waals surface area contributed by atoms with Crippen LogP contribution in [0.1, 0.15) is 20.8 Å². The van der Waals surface area contributed by atoms with Crippen LogP contribution in [-0.2, 0) is 0 Å². The van der Waals surface area contributed by atoms with Crippen LogP contribution in [0.5, 0.6) is 0 Å². The fourth-order valence-electron chi connectivity index (χ4n) is 1.38. The fraction of sp³-hybridized carbons (Fsp3) is 0.600. The van der Waals surface area contributed by atoms with E-state index in [-0.39, 0.29) is 5.41 Å². The Balaban J connectivity index is 2.86. The zero-order valence-electron chi connectivity index (χ0n) is 9.58. The summed E-state index contributed by atoms with van der Waals surface area (Å²) in [6, 6.07) is 1.69. The van der Waals surface area contributed by atoms with Crippen molar-refractivity contribution < 1.29 is 0 Å². The normalized spacial score (nSPS) is 11.5. The Labute approximate surface area is 99.0 Å². The second-order valence-electron chi connectivity index (χ2n) is 4.83. The molecule has 1 aromatic rings. The molecule has 84 valence electrons. The summed E-state index contributed by atoms with van der Waals surface area (Å²) in [5.74, 6) is 1.13. The molecule has 0 amide bonds. The Hall–Kier alpha value is -0.840. The molecule has 0 radical (unpaired) electrons. The highest BCUT2D eigenvalue weighted by Gasteiger charge is 2.16. The van der Waals surface area contributed by atoms with Gasteiger partial charge in [0.25, 0.3) is 0 Å². The van der Waals surface area contributed by atoms with Gasteiger partial charge in [-0.25, -0.2) is 4.98 Å². The largest absolute Gasteiger partial charge is 0.383 e. The van der Waals surface area contributed by atoms with Crippen LogP contribution in [-0.4, -0.2) is 23.6 Å². The van der Waals surface area contributed by atoms with Gasteiger partial charge in [-0.05, 0) is 21.3 Å². The smallest absolute Gasteiger partial charge is 0.228 e. The number of hydrogen-bond acceptors (Lipinski definition) is 4. The van der Waals surface area contributed by atoms with Crippen LogP contribution < -0.4 is 10.6 Å². The van der Waals surface area contributed by atoms with E-state index in [4.69, 9.17) is 5.73 Å². The summed E-state index contributed by atoms with van der Waals surface area (Å²) in [7, 11) is 1.96.